The van der Waals surface area contributed by atoms with Crippen molar-refractivity contribution in [2.24, 2.45) is 5.92 Å². The van der Waals surface area contributed by atoms with Crippen molar-refractivity contribution in [2.45, 2.75) is 46.6 Å². The molecule has 0 unspecified atom stereocenters. The minimum Gasteiger partial charge on any atom is -0.497 e. The molecule has 26 heavy (non-hydrogen) atoms. The molecule has 1 amide bonds. The highest BCUT2D eigenvalue weighted by Gasteiger charge is 2.32. The van der Waals surface area contributed by atoms with Gasteiger partial charge in [-0.05, 0) is 56.4 Å². The molecule has 1 aliphatic rings. The van der Waals surface area contributed by atoms with Gasteiger partial charge in [0.05, 0.1) is 20.2 Å². The van der Waals surface area contributed by atoms with Crippen molar-refractivity contribution >= 4 is 17.4 Å². The normalized spacial score (nSPS) is 15.5. The Morgan fingerprint density at radius 2 is 1.77 bits per heavy atom. The third kappa shape index (κ3) is 5.10. The second-order valence-electron chi connectivity index (χ2n) is 8.04. The lowest BCUT2D eigenvalue weighted by Gasteiger charge is -2.32. The fourth-order valence-corrected chi connectivity index (χ4v) is 2.94. The van der Waals surface area contributed by atoms with E-state index in [9.17, 15) is 9.59 Å². The van der Waals surface area contributed by atoms with E-state index in [0.717, 1.165) is 22.5 Å². The van der Waals surface area contributed by atoms with E-state index in [1.165, 1.54) is 4.90 Å². The number of hydrogen-bond donors (Lipinski definition) is 0. The van der Waals surface area contributed by atoms with Crippen LogP contribution >= 0.6 is 0 Å². The van der Waals surface area contributed by atoms with Gasteiger partial charge in [-0.1, -0.05) is 26.0 Å². The SMILES string of the molecule is COc1ccc(C2=C(CC(C)C)C(=O)CN(C(=O)OC(C)(C)C)C2)cc1. The van der Waals surface area contributed by atoms with Crippen LogP contribution in [-0.2, 0) is 9.53 Å². The average molecular weight is 359 g/mol. The molecule has 0 aliphatic carbocycles. The minimum atomic E-state index is -0.595. The Morgan fingerprint density at radius 1 is 1.15 bits per heavy atom. The number of benzene rings is 1. The zero-order valence-corrected chi connectivity index (χ0v) is 16.6. The Balaban J connectivity index is 2.38. The molecule has 0 aromatic heterocycles. The van der Waals surface area contributed by atoms with Crippen LogP contribution in [0.5, 0.6) is 5.75 Å². The maximum Gasteiger partial charge on any atom is 0.411 e. The number of ketones is 1. The molecule has 0 atom stereocenters. The fraction of sp³-hybridized carbons (Fsp3) is 0.524. The third-order valence-corrected chi connectivity index (χ3v) is 4.09. The van der Waals surface area contributed by atoms with Crippen LogP contribution in [0.3, 0.4) is 0 Å². The highest BCUT2D eigenvalue weighted by atomic mass is 16.6. The maximum atomic E-state index is 12.8. The molecule has 1 aromatic rings. The summed E-state index contributed by atoms with van der Waals surface area (Å²) >= 11 is 0. The Morgan fingerprint density at radius 3 is 2.27 bits per heavy atom. The van der Waals surface area contributed by atoms with Gasteiger partial charge in [0.25, 0.3) is 0 Å². The van der Waals surface area contributed by atoms with E-state index in [1.807, 2.05) is 45.0 Å². The number of ether oxygens (including phenoxy) is 2. The first-order chi connectivity index (χ1) is 12.1. The van der Waals surface area contributed by atoms with Crippen LogP contribution in [0, 0.1) is 5.92 Å². The Hall–Kier alpha value is -2.30. The standard InChI is InChI=1S/C21H29NO4/c1-14(2)11-17-18(15-7-9-16(25-6)10-8-15)12-22(13-19(17)23)20(24)26-21(3,4)5/h7-10,14H,11-13H2,1-6H3. The largest absolute Gasteiger partial charge is 0.497 e. The lowest BCUT2D eigenvalue weighted by Crippen LogP contribution is -2.44. The lowest BCUT2D eigenvalue weighted by molar-refractivity contribution is -0.117. The number of amides is 1. The summed E-state index contributed by atoms with van der Waals surface area (Å²) in [6.45, 7) is 10.1. The van der Waals surface area contributed by atoms with E-state index in [-0.39, 0.29) is 12.3 Å². The quantitative estimate of drug-likeness (QED) is 0.803. The number of methoxy groups -OCH3 is 1. The molecule has 0 fully saturated rings. The molecule has 0 bridgehead atoms. The van der Waals surface area contributed by atoms with Crippen molar-refractivity contribution in [1.82, 2.24) is 4.90 Å². The molecule has 2 rings (SSSR count). The van der Waals surface area contributed by atoms with Crippen LogP contribution in [0.4, 0.5) is 4.79 Å². The predicted octanol–water partition coefficient (Wildman–Crippen LogP) is 4.31. The molecule has 0 N–H and O–H groups in total. The summed E-state index contributed by atoms with van der Waals surface area (Å²) in [5, 5.41) is 0. The van der Waals surface area contributed by atoms with Crippen molar-refractivity contribution in [3.63, 3.8) is 0 Å². The van der Waals surface area contributed by atoms with Crippen molar-refractivity contribution in [3.8, 4) is 5.75 Å². The number of carbonyl (C=O) groups is 2. The Bertz CT molecular complexity index is 696. The summed E-state index contributed by atoms with van der Waals surface area (Å²) in [4.78, 5) is 26.7. The van der Waals surface area contributed by atoms with Crippen molar-refractivity contribution in [3.05, 3.63) is 35.4 Å². The highest BCUT2D eigenvalue weighted by Crippen LogP contribution is 2.30. The molecule has 0 radical (unpaired) electrons. The van der Waals surface area contributed by atoms with Crippen LogP contribution < -0.4 is 4.74 Å². The highest BCUT2D eigenvalue weighted by molar-refractivity contribution is 6.07. The summed E-state index contributed by atoms with van der Waals surface area (Å²) in [6, 6.07) is 7.60. The monoisotopic (exact) mass is 359 g/mol. The van der Waals surface area contributed by atoms with Gasteiger partial charge in [0.2, 0.25) is 0 Å². The van der Waals surface area contributed by atoms with E-state index in [2.05, 4.69) is 13.8 Å². The Kier molecular flexibility index (Phi) is 6.11. The van der Waals surface area contributed by atoms with E-state index in [0.29, 0.717) is 18.9 Å². The molecule has 5 heteroatoms. The summed E-state index contributed by atoms with van der Waals surface area (Å²) in [6.07, 6.45) is 0.239. The van der Waals surface area contributed by atoms with Crippen LogP contribution in [0.15, 0.2) is 29.8 Å². The molecule has 1 heterocycles. The van der Waals surface area contributed by atoms with E-state index < -0.39 is 11.7 Å². The third-order valence-electron chi connectivity index (χ3n) is 4.09. The van der Waals surface area contributed by atoms with Gasteiger partial charge >= 0.3 is 6.09 Å². The van der Waals surface area contributed by atoms with Gasteiger partial charge in [-0.25, -0.2) is 4.79 Å². The average Bonchev–Trinajstić information content (AvgIpc) is 2.54. The van der Waals surface area contributed by atoms with Gasteiger partial charge in [0.15, 0.2) is 5.78 Å². The number of Topliss-reactive ketones (excluding diaryl/α,β-unsaturated/α-hetero) is 1. The molecule has 5 nitrogen and oxygen atoms in total. The van der Waals surface area contributed by atoms with E-state index in [4.69, 9.17) is 9.47 Å². The first-order valence-corrected chi connectivity index (χ1v) is 8.98. The molecule has 0 saturated heterocycles. The van der Waals surface area contributed by atoms with Crippen molar-refractivity contribution < 1.29 is 19.1 Å². The summed E-state index contributed by atoms with van der Waals surface area (Å²) in [5.41, 5.74) is 2.04. The molecule has 0 spiro atoms. The zero-order valence-electron chi connectivity index (χ0n) is 16.6. The first kappa shape index (κ1) is 20.0. The Labute approximate surface area is 156 Å². The smallest absolute Gasteiger partial charge is 0.411 e. The number of carbonyl (C=O) groups excluding carboxylic acids is 2. The summed E-state index contributed by atoms with van der Waals surface area (Å²) in [5.74, 6) is 1.10. The summed E-state index contributed by atoms with van der Waals surface area (Å²) in [7, 11) is 1.62. The number of rotatable bonds is 4. The van der Waals surface area contributed by atoms with Crippen LogP contribution in [0.2, 0.25) is 0 Å². The van der Waals surface area contributed by atoms with Gasteiger partial charge < -0.3 is 9.47 Å². The second kappa shape index (κ2) is 7.94. The van der Waals surface area contributed by atoms with Crippen LogP contribution in [-0.4, -0.2) is 42.6 Å². The van der Waals surface area contributed by atoms with Gasteiger partial charge in [-0.15, -0.1) is 0 Å². The zero-order chi connectivity index (χ0) is 19.5. The molecular weight excluding hydrogens is 330 g/mol. The van der Waals surface area contributed by atoms with E-state index >= 15 is 0 Å². The van der Waals surface area contributed by atoms with Gasteiger partial charge in [-0.3, -0.25) is 9.69 Å². The topological polar surface area (TPSA) is 55.8 Å². The molecule has 1 aliphatic heterocycles. The van der Waals surface area contributed by atoms with Gasteiger partial charge in [0.1, 0.15) is 11.4 Å². The van der Waals surface area contributed by atoms with Crippen molar-refractivity contribution in [2.75, 3.05) is 20.2 Å². The molecular formula is C21H29NO4. The van der Waals surface area contributed by atoms with Gasteiger partial charge in [0, 0.05) is 5.57 Å². The van der Waals surface area contributed by atoms with Crippen molar-refractivity contribution in [1.29, 1.82) is 0 Å². The minimum absolute atomic E-state index is 0.0124. The summed E-state index contributed by atoms with van der Waals surface area (Å²) < 4.78 is 10.7. The maximum absolute atomic E-state index is 12.8. The molecule has 1 aromatic carbocycles. The van der Waals surface area contributed by atoms with E-state index in [1.54, 1.807) is 7.11 Å². The predicted molar refractivity (Wildman–Crippen MR) is 102 cm³/mol. The van der Waals surface area contributed by atoms with Crippen LogP contribution in [0.25, 0.3) is 5.57 Å². The number of nitrogens with zero attached hydrogens (tertiary/aromatic N) is 1. The first-order valence-electron chi connectivity index (χ1n) is 8.98. The number of hydrogen-bond acceptors (Lipinski definition) is 4. The molecule has 142 valence electrons. The second-order valence-corrected chi connectivity index (χ2v) is 8.04. The fourth-order valence-electron chi connectivity index (χ4n) is 2.94. The lowest BCUT2D eigenvalue weighted by atomic mass is 9.88. The molecule has 0 saturated carbocycles. The van der Waals surface area contributed by atoms with Gasteiger partial charge in [-0.2, -0.15) is 0 Å². The van der Waals surface area contributed by atoms with Crippen LogP contribution in [0.1, 0.15) is 46.6 Å².